The molecule has 0 spiro atoms. The molecule has 2 aromatic rings. The monoisotopic (exact) mass is 315 g/mol. The second kappa shape index (κ2) is 7.63. The van der Waals surface area contributed by atoms with Gasteiger partial charge < -0.3 is 14.4 Å². The normalized spacial score (nSPS) is 10.6. The Morgan fingerprint density at radius 1 is 1.09 bits per heavy atom. The van der Waals surface area contributed by atoms with Crippen LogP contribution in [0.5, 0.6) is 5.75 Å². The van der Waals surface area contributed by atoms with Crippen molar-refractivity contribution in [2.45, 2.75) is 19.9 Å². The molecular formula is C18H21NO4. The van der Waals surface area contributed by atoms with Crippen LogP contribution in [0.15, 0.2) is 42.5 Å². The smallest absolute Gasteiger partial charge is 0.325 e. The van der Waals surface area contributed by atoms with E-state index in [0.717, 1.165) is 10.8 Å². The summed E-state index contributed by atoms with van der Waals surface area (Å²) >= 11 is 0. The van der Waals surface area contributed by atoms with Gasteiger partial charge in [-0.1, -0.05) is 30.3 Å². The number of carbonyl (C=O) groups is 2. The van der Waals surface area contributed by atoms with Crippen LogP contribution in [0.2, 0.25) is 0 Å². The Kier molecular flexibility index (Phi) is 5.57. The number of benzene rings is 2. The van der Waals surface area contributed by atoms with Crippen LogP contribution in [-0.4, -0.2) is 43.1 Å². The van der Waals surface area contributed by atoms with Crippen LogP contribution in [0.25, 0.3) is 10.8 Å². The minimum atomic E-state index is -0.447. The number of hydrogen-bond donors (Lipinski definition) is 0. The molecule has 23 heavy (non-hydrogen) atoms. The minimum absolute atomic E-state index is 0.0753. The van der Waals surface area contributed by atoms with Gasteiger partial charge >= 0.3 is 5.97 Å². The largest absolute Gasteiger partial charge is 0.484 e. The Morgan fingerprint density at radius 2 is 1.78 bits per heavy atom. The average molecular weight is 315 g/mol. The molecule has 5 heteroatoms. The Hall–Kier alpha value is -2.56. The van der Waals surface area contributed by atoms with Gasteiger partial charge in [0.15, 0.2) is 6.61 Å². The van der Waals surface area contributed by atoms with Crippen LogP contribution >= 0.6 is 0 Å². The summed E-state index contributed by atoms with van der Waals surface area (Å²) in [6, 6.07) is 13.5. The lowest BCUT2D eigenvalue weighted by molar-refractivity contribution is -0.149. The fourth-order valence-electron chi connectivity index (χ4n) is 2.25. The maximum Gasteiger partial charge on any atom is 0.325 e. The molecule has 0 fully saturated rings. The lowest BCUT2D eigenvalue weighted by Crippen LogP contribution is -2.43. The van der Waals surface area contributed by atoms with Gasteiger partial charge in [-0.3, -0.25) is 9.59 Å². The van der Waals surface area contributed by atoms with Crippen molar-refractivity contribution in [3.8, 4) is 5.75 Å². The van der Waals surface area contributed by atoms with Crippen molar-refractivity contribution >= 4 is 22.6 Å². The van der Waals surface area contributed by atoms with E-state index in [4.69, 9.17) is 4.74 Å². The number of nitrogens with zero attached hydrogens (tertiary/aromatic N) is 1. The first-order valence-corrected chi connectivity index (χ1v) is 7.49. The number of ether oxygens (including phenoxy) is 2. The molecule has 0 saturated heterocycles. The van der Waals surface area contributed by atoms with Gasteiger partial charge in [0.2, 0.25) is 0 Å². The molecule has 0 radical (unpaired) electrons. The molecule has 0 saturated carbocycles. The molecule has 0 heterocycles. The third-order valence-corrected chi connectivity index (χ3v) is 3.55. The Balaban J connectivity index is 2.02. The van der Waals surface area contributed by atoms with Crippen molar-refractivity contribution in [3.63, 3.8) is 0 Å². The molecule has 0 N–H and O–H groups in total. The van der Waals surface area contributed by atoms with Crippen LogP contribution in [0.3, 0.4) is 0 Å². The zero-order valence-electron chi connectivity index (χ0n) is 13.6. The number of fused-ring (bicyclic) bond motifs is 1. The summed E-state index contributed by atoms with van der Waals surface area (Å²) in [6.07, 6.45) is 0. The number of esters is 1. The van der Waals surface area contributed by atoms with Crippen molar-refractivity contribution in [2.75, 3.05) is 20.3 Å². The summed E-state index contributed by atoms with van der Waals surface area (Å²) in [4.78, 5) is 25.1. The molecule has 2 rings (SSSR count). The van der Waals surface area contributed by atoms with Crippen molar-refractivity contribution in [2.24, 2.45) is 0 Å². The van der Waals surface area contributed by atoms with Crippen LogP contribution in [-0.2, 0) is 14.3 Å². The average Bonchev–Trinajstić information content (AvgIpc) is 2.56. The molecule has 5 nitrogen and oxygen atoms in total. The number of hydrogen-bond acceptors (Lipinski definition) is 4. The van der Waals surface area contributed by atoms with E-state index < -0.39 is 5.97 Å². The first-order valence-electron chi connectivity index (χ1n) is 7.49. The van der Waals surface area contributed by atoms with E-state index >= 15 is 0 Å². The van der Waals surface area contributed by atoms with Crippen LogP contribution in [0.4, 0.5) is 0 Å². The third kappa shape index (κ3) is 4.45. The van der Waals surface area contributed by atoms with Gasteiger partial charge in [0.1, 0.15) is 12.3 Å². The van der Waals surface area contributed by atoms with Crippen molar-refractivity contribution in [3.05, 3.63) is 42.5 Å². The van der Waals surface area contributed by atoms with Gasteiger partial charge in [-0.2, -0.15) is 0 Å². The molecule has 0 aliphatic heterocycles. The fourth-order valence-corrected chi connectivity index (χ4v) is 2.25. The van der Waals surface area contributed by atoms with E-state index in [-0.39, 0.29) is 25.1 Å². The summed E-state index contributed by atoms with van der Waals surface area (Å²) in [6.45, 7) is 3.50. The molecule has 0 aromatic heterocycles. The molecule has 2 aromatic carbocycles. The highest BCUT2D eigenvalue weighted by molar-refractivity contribution is 5.85. The lowest BCUT2D eigenvalue weighted by Gasteiger charge is -2.25. The third-order valence-electron chi connectivity index (χ3n) is 3.55. The molecule has 0 unspecified atom stereocenters. The zero-order valence-corrected chi connectivity index (χ0v) is 13.6. The summed E-state index contributed by atoms with van der Waals surface area (Å²) in [7, 11) is 1.30. The Labute approximate surface area is 135 Å². The van der Waals surface area contributed by atoms with Crippen LogP contribution in [0, 0.1) is 0 Å². The SMILES string of the molecule is COC(=O)CN(C(=O)COc1ccc2ccccc2c1)C(C)C. The van der Waals surface area contributed by atoms with E-state index in [2.05, 4.69) is 4.74 Å². The van der Waals surface area contributed by atoms with Gasteiger partial charge in [0.25, 0.3) is 5.91 Å². The number of rotatable bonds is 6. The van der Waals surface area contributed by atoms with Crippen molar-refractivity contribution in [1.29, 1.82) is 0 Å². The fraction of sp³-hybridized carbons (Fsp3) is 0.333. The van der Waals surface area contributed by atoms with Gasteiger partial charge in [0, 0.05) is 6.04 Å². The first-order chi connectivity index (χ1) is 11.0. The van der Waals surface area contributed by atoms with E-state index in [1.165, 1.54) is 12.0 Å². The Bertz CT molecular complexity index is 696. The lowest BCUT2D eigenvalue weighted by atomic mass is 10.1. The van der Waals surface area contributed by atoms with Gasteiger partial charge in [-0.25, -0.2) is 0 Å². The predicted molar refractivity (Wildman–Crippen MR) is 88.3 cm³/mol. The molecule has 1 amide bonds. The van der Waals surface area contributed by atoms with Crippen molar-refractivity contribution < 1.29 is 19.1 Å². The Morgan fingerprint density at radius 3 is 2.43 bits per heavy atom. The topological polar surface area (TPSA) is 55.8 Å². The molecule has 0 aliphatic rings. The first kappa shape index (κ1) is 16.8. The molecule has 0 bridgehead atoms. The highest BCUT2D eigenvalue weighted by Crippen LogP contribution is 2.20. The van der Waals surface area contributed by atoms with Gasteiger partial charge in [-0.05, 0) is 36.8 Å². The predicted octanol–water partition coefficient (Wildman–Crippen LogP) is 2.63. The van der Waals surface area contributed by atoms with Gasteiger partial charge in [0.05, 0.1) is 7.11 Å². The quantitative estimate of drug-likeness (QED) is 0.769. The van der Waals surface area contributed by atoms with E-state index in [9.17, 15) is 9.59 Å². The standard InChI is InChI=1S/C18H21NO4/c1-13(2)19(11-18(21)22-3)17(20)12-23-16-9-8-14-6-4-5-7-15(14)10-16/h4-10,13H,11-12H2,1-3H3. The summed E-state index contributed by atoms with van der Waals surface area (Å²) < 4.78 is 10.2. The number of amides is 1. The molecule has 0 atom stereocenters. The highest BCUT2D eigenvalue weighted by Gasteiger charge is 2.20. The van der Waals surface area contributed by atoms with Gasteiger partial charge in [-0.15, -0.1) is 0 Å². The summed E-state index contributed by atoms with van der Waals surface area (Å²) in [5.41, 5.74) is 0. The van der Waals surface area contributed by atoms with Crippen LogP contribution in [0.1, 0.15) is 13.8 Å². The van der Waals surface area contributed by atoms with Crippen LogP contribution < -0.4 is 4.74 Å². The maximum atomic E-state index is 12.3. The molecule has 122 valence electrons. The van der Waals surface area contributed by atoms with E-state index in [1.807, 2.05) is 56.3 Å². The van der Waals surface area contributed by atoms with E-state index in [1.54, 1.807) is 0 Å². The number of carbonyl (C=O) groups excluding carboxylic acids is 2. The van der Waals surface area contributed by atoms with Crippen molar-refractivity contribution in [1.82, 2.24) is 4.90 Å². The zero-order chi connectivity index (χ0) is 16.8. The molecular weight excluding hydrogens is 294 g/mol. The summed E-state index contributed by atoms with van der Waals surface area (Å²) in [5, 5.41) is 2.16. The minimum Gasteiger partial charge on any atom is -0.484 e. The maximum absolute atomic E-state index is 12.3. The molecule has 0 aliphatic carbocycles. The highest BCUT2D eigenvalue weighted by atomic mass is 16.5. The summed E-state index contributed by atoms with van der Waals surface area (Å²) in [5.74, 6) is -0.0739. The second-order valence-electron chi connectivity index (χ2n) is 5.49. The number of methoxy groups -OCH3 is 1. The second-order valence-corrected chi connectivity index (χ2v) is 5.49. The van der Waals surface area contributed by atoms with E-state index in [0.29, 0.717) is 5.75 Å².